The third kappa shape index (κ3) is 12.0. The lowest BCUT2D eigenvalue weighted by atomic mass is 9.79. The highest BCUT2D eigenvalue weighted by Crippen LogP contribution is 2.44. The van der Waals surface area contributed by atoms with Crippen molar-refractivity contribution < 1.29 is 77.9 Å². The van der Waals surface area contributed by atoms with Crippen molar-refractivity contribution in [1.82, 2.24) is 10.6 Å². The number of fused-ring (bicyclic) bond motifs is 1. The summed E-state index contributed by atoms with van der Waals surface area (Å²) in [7, 11) is 3.64. The van der Waals surface area contributed by atoms with E-state index in [1.54, 1.807) is 39.8 Å². The van der Waals surface area contributed by atoms with E-state index in [9.17, 15) is 69.7 Å². The molecule has 0 saturated carbocycles. The Hall–Kier alpha value is -9.67. The maximum absolute atomic E-state index is 12.9. The van der Waals surface area contributed by atoms with Gasteiger partial charge in [-0.2, -0.15) is 0 Å². The second-order valence-corrected chi connectivity index (χ2v) is 17.0. The van der Waals surface area contributed by atoms with Gasteiger partial charge in [0.2, 0.25) is 11.2 Å². The molecule has 0 amide bonds. The van der Waals surface area contributed by atoms with Gasteiger partial charge in [0.05, 0.1) is 71.9 Å². The zero-order valence-electron chi connectivity index (χ0n) is 41.8. The molecule has 2 aliphatic rings. The fraction of sp³-hybridized carbons (Fsp3) is 0.250. The lowest BCUT2D eigenvalue weighted by Gasteiger charge is -2.30. The number of allylic oxidation sites excluding steroid dienone is 4. The SMILES string of the molecule is COC(=O)C1=C(C)NC(C)=C(C(=O)OC)C1c1ccccc1[N+](=O)[O-].COC(=O)C1=C(C)NC(C)=C(C(=O)OCC(C)C)C1c1ccccc1[N+](=O)[O-].O=c1c(O)c(-c2ccc(O)c(O)c2)oc2cc(O)cc(O)c12. The van der Waals surface area contributed by atoms with E-state index >= 15 is 0 Å². The first-order chi connectivity index (χ1) is 35.4. The van der Waals surface area contributed by atoms with E-state index < -0.39 is 68.2 Å². The van der Waals surface area contributed by atoms with Gasteiger partial charge in [-0.25, -0.2) is 19.2 Å². The molecule has 3 heterocycles. The van der Waals surface area contributed by atoms with Crippen LogP contribution in [0.5, 0.6) is 28.7 Å². The smallest absolute Gasteiger partial charge is 0.336 e. The van der Waals surface area contributed by atoms with Gasteiger partial charge >= 0.3 is 23.9 Å². The number of dihydropyridines is 2. The predicted molar refractivity (Wildman–Crippen MR) is 267 cm³/mol. The molecule has 7 rings (SSSR count). The maximum Gasteiger partial charge on any atom is 0.336 e. The number of aromatic hydroxyl groups is 5. The summed E-state index contributed by atoms with van der Waals surface area (Å²) in [6.45, 7) is 10.6. The predicted octanol–water partition coefficient (Wildman–Crippen LogP) is 7.37. The Labute approximate surface area is 426 Å². The molecule has 0 spiro atoms. The van der Waals surface area contributed by atoms with E-state index in [1.165, 1.54) is 63.8 Å². The number of nitrogens with one attached hydrogen (secondary N) is 2. The average Bonchev–Trinajstić information content (AvgIpc) is 3.36. The van der Waals surface area contributed by atoms with Gasteiger partial charge in [-0.1, -0.05) is 50.2 Å². The number of nitrogens with zero attached hydrogens (tertiary/aromatic N) is 2. The molecule has 4 aromatic carbocycles. The van der Waals surface area contributed by atoms with Gasteiger partial charge in [0.15, 0.2) is 17.3 Å². The lowest BCUT2D eigenvalue weighted by molar-refractivity contribution is -0.385. The molecule has 0 aliphatic carbocycles. The number of ether oxygens (including phenoxy) is 4. The quantitative estimate of drug-likeness (QED) is 0.0223. The molecule has 7 N–H and O–H groups in total. The Morgan fingerprint density at radius 1 is 0.613 bits per heavy atom. The van der Waals surface area contributed by atoms with Crippen molar-refractivity contribution in [1.29, 1.82) is 0 Å². The first-order valence-corrected chi connectivity index (χ1v) is 22.4. The number of methoxy groups -OCH3 is 3. The standard InChI is InChI=1S/C20H24N2O6.C17H18N2O6.C15H10O7/c1-11(2)10-28-20(24)17-13(4)21-12(3)16(19(23)27-5)18(17)14-8-6-7-9-15(14)22(25)26;1-9-13(16(20)24-3)15(14(10(2)18-9)17(21)25-4)11-7-5-6-8-12(11)19(22)23;16-7-4-10(19)12-11(5-7)22-15(14(21)13(12)20)6-1-2-8(17)9(18)3-6/h6-9,11,18,21H,10H2,1-5H3;5-8,15,18H,1-4H3;1-5,16-19,21H. The normalized spacial score (nSPS) is 14.4. The van der Waals surface area contributed by atoms with Crippen molar-refractivity contribution in [2.75, 3.05) is 27.9 Å². The van der Waals surface area contributed by atoms with Crippen LogP contribution in [0.1, 0.15) is 64.5 Å². The number of benzene rings is 4. The maximum atomic E-state index is 12.9. The summed E-state index contributed by atoms with van der Waals surface area (Å²) < 4.78 is 25.3. The average molecular weight is 1040 g/mol. The number of carbonyl (C=O) groups excluding carboxylic acids is 4. The number of carbonyl (C=O) groups is 4. The van der Waals surface area contributed by atoms with Crippen LogP contribution in [-0.2, 0) is 38.1 Å². The van der Waals surface area contributed by atoms with Crippen LogP contribution in [0.4, 0.5) is 11.4 Å². The summed E-state index contributed by atoms with van der Waals surface area (Å²) in [6, 6.07) is 17.6. The zero-order chi connectivity index (χ0) is 55.7. The molecular formula is C52H52N4O19. The molecule has 0 radical (unpaired) electrons. The minimum atomic E-state index is -0.977. The summed E-state index contributed by atoms with van der Waals surface area (Å²) in [5, 5.41) is 76.6. The Kier molecular flexibility index (Phi) is 17.8. The van der Waals surface area contributed by atoms with Crippen LogP contribution in [0.25, 0.3) is 22.3 Å². The first-order valence-electron chi connectivity index (χ1n) is 22.4. The molecule has 2 aliphatic heterocycles. The highest BCUT2D eigenvalue weighted by molar-refractivity contribution is 6.01. The molecule has 0 fully saturated rings. The summed E-state index contributed by atoms with van der Waals surface area (Å²) >= 11 is 0. The molecular weight excluding hydrogens is 985 g/mol. The van der Waals surface area contributed by atoms with Gasteiger partial charge in [-0.15, -0.1) is 0 Å². The molecule has 1 aromatic heterocycles. The molecule has 23 heteroatoms. The van der Waals surface area contributed by atoms with E-state index in [0.717, 1.165) is 24.3 Å². The number of hydrogen-bond acceptors (Lipinski definition) is 21. The molecule has 23 nitrogen and oxygen atoms in total. The van der Waals surface area contributed by atoms with E-state index in [-0.39, 0.29) is 91.1 Å². The van der Waals surface area contributed by atoms with Gasteiger partial charge in [-0.05, 0) is 51.8 Å². The highest BCUT2D eigenvalue weighted by Gasteiger charge is 2.42. The Morgan fingerprint density at radius 3 is 1.44 bits per heavy atom. The number of phenolic OH excluding ortho intramolecular Hbond substituents is 4. The Morgan fingerprint density at radius 2 is 1.04 bits per heavy atom. The van der Waals surface area contributed by atoms with Gasteiger partial charge in [0.25, 0.3) is 11.4 Å². The monoisotopic (exact) mass is 1040 g/mol. The van der Waals surface area contributed by atoms with E-state index in [2.05, 4.69) is 10.6 Å². The second kappa shape index (κ2) is 23.7. The Balaban J connectivity index is 0.000000209. The molecule has 75 heavy (non-hydrogen) atoms. The van der Waals surface area contributed by atoms with Crippen LogP contribution in [0, 0.1) is 26.1 Å². The second-order valence-electron chi connectivity index (χ2n) is 17.0. The minimum absolute atomic E-state index is 0.114. The van der Waals surface area contributed by atoms with E-state index in [0.29, 0.717) is 22.8 Å². The highest BCUT2D eigenvalue weighted by atomic mass is 16.6. The summed E-state index contributed by atoms with van der Waals surface area (Å²) in [4.78, 5) is 84.2. The van der Waals surface area contributed by atoms with Crippen molar-refractivity contribution in [2.45, 2.75) is 53.4 Å². The van der Waals surface area contributed by atoms with Gasteiger partial charge in [0.1, 0.15) is 22.5 Å². The minimum Gasteiger partial charge on any atom is -0.508 e. The number of rotatable bonds is 11. The van der Waals surface area contributed by atoms with Gasteiger partial charge in [-0.3, -0.25) is 25.0 Å². The number of hydrogen-bond donors (Lipinski definition) is 7. The van der Waals surface area contributed by atoms with Crippen LogP contribution in [0.15, 0.2) is 133 Å². The van der Waals surface area contributed by atoms with Crippen molar-refractivity contribution >= 4 is 46.2 Å². The number of esters is 4. The van der Waals surface area contributed by atoms with Crippen molar-refractivity contribution in [3.63, 3.8) is 0 Å². The van der Waals surface area contributed by atoms with Gasteiger partial charge < -0.3 is 59.5 Å². The topological polar surface area (TPSA) is 347 Å². The van der Waals surface area contributed by atoms with Crippen LogP contribution in [0.2, 0.25) is 0 Å². The molecule has 1 atom stereocenters. The van der Waals surface area contributed by atoms with Crippen LogP contribution in [0.3, 0.4) is 0 Å². The fourth-order valence-corrected chi connectivity index (χ4v) is 8.27. The zero-order valence-corrected chi connectivity index (χ0v) is 41.8. The number of nitro benzene ring substituents is 2. The first kappa shape index (κ1) is 56.2. The summed E-state index contributed by atoms with van der Waals surface area (Å²) in [5.74, 6) is -7.20. The molecule has 1 unspecified atom stereocenters. The van der Waals surface area contributed by atoms with Crippen LogP contribution < -0.4 is 16.1 Å². The van der Waals surface area contributed by atoms with Crippen LogP contribution in [-0.4, -0.2) is 87.2 Å². The summed E-state index contributed by atoms with van der Waals surface area (Å²) in [6.07, 6.45) is 0. The number of para-hydroxylation sites is 2. The third-order valence-corrected chi connectivity index (χ3v) is 11.6. The van der Waals surface area contributed by atoms with E-state index in [4.69, 9.17) is 23.4 Å². The van der Waals surface area contributed by atoms with Crippen molar-refractivity contribution in [3.05, 3.63) is 166 Å². The van der Waals surface area contributed by atoms with Gasteiger partial charge in [0, 0.05) is 63.7 Å². The number of nitro groups is 2. The lowest BCUT2D eigenvalue weighted by Crippen LogP contribution is -2.32. The summed E-state index contributed by atoms with van der Waals surface area (Å²) in [5.41, 5.74) is 1.57. The molecule has 5 aromatic rings. The molecule has 394 valence electrons. The molecule has 0 saturated heterocycles. The number of phenols is 4. The molecule has 0 bridgehead atoms. The van der Waals surface area contributed by atoms with Crippen molar-refractivity contribution in [2.24, 2.45) is 5.92 Å². The third-order valence-electron chi connectivity index (χ3n) is 11.6. The Bertz CT molecular complexity index is 3290. The fourth-order valence-electron chi connectivity index (χ4n) is 8.27. The van der Waals surface area contributed by atoms with E-state index in [1.807, 2.05) is 13.8 Å². The van der Waals surface area contributed by atoms with Crippen LogP contribution >= 0.6 is 0 Å². The van der Waals surface area contributed by atoms with Crippen molar-refractivity contribution in [3.8, 4) is 40.1 Å². The largest absolute Gasteiger partial charge is 0.508 e.